The second-order valence-electron chi connectivity index (χ2n) is 7.74. The summed E-state index contributed by atoms with van der Waals surface area (Å²) in [6, 6.07) is 18.8. The molecule has 1 aliphatic heterocycles. The van der Waals surface area contributed by atoms with Gasteiger partial charge >= 0.3 is 0 Å². The van der Waals surface area contributed by atoms with Gasteiger partial charge in [0.15, 0.2) is 0 Å². The fraction of sp³-hybridized carbons (Fsp3) is 0.435. The Hall–Kier alpha value is -2.13. The van der Waals surface area contributed by atoms with E-state index < -0.39 is 0 Å². The number of carbonyl (C=O) groups is 1. The minimum Gasteiger partial charge on any atom is -0.351 e. The van der Waals surface area contributed by atoms with Crippen LogP contribution in [0.5, 0.6) is 0 Å². The van der Waals surface area contributed by atoms with Gasteiger partial charge in [-0.15, -0.1) is 0 Å². The average Bonchev–Trinajstić information content (AvgIpc) is 3.51. The lowest BCUT2D eigenvalue weighted by atomic mass is 9.95. The van der Waals surface area contributed by atoms with Crippen molar-refractivity contribution in [2.24, 2.45) is 0 Å². The first-order chi connectivity index (χ1) is 12.8. The van der Waals surface area contributed by atoms with Crippen LogP contribution in [-0.4, -0.2) is 23.9 Å². The Balaban J connectivity index is 1.41. The van der Waals surface area contributed by atoms with Crippen molar-refractivity contribution in [3.63, 3.8) is 0 Å². The first-order valence-electron chi connectivity index (χ1n) is 9.91. The molecule has 2 aromatic rings. The number of rotatable bonds is 6. The molecule has 2 aliphatic rings. The van der Waals surface area contributed by atoms with Crippen LogP contribution in [-0.2, 0) is 23.3 Å². The molecule has 0 radical (unpaired) electrons. The Bertz CT molecular complexity index is 746. The van der Waals surface area contributed by atoms with E-state index in [0.717, 1.165) is 24.9 Å². The van der Waals surface area contributed by atoms with Crippen LogP contribution in [0.3, 0.4) is 0 Å². The van der Waals surface area contributed by atoms with E-state index in [-0.39, 0.29) is 11.3 Å². The molecule has 1 heterocycles. The van der Waals surface area contributed by atoms with Crippen LogP contribution in [0.4, 0.5) is 0 Å². The summed E-state index contributed by atoms with van der Waals surface area (Å²) in [6.07, 6.45) is 5.88. The summed E-state index contributed by atoms with van der Waals surface area (Å²) in [5.41, 5.74) is 3.46. The molecule has 3 nitrogen and oxygen atoms in total. The maximum Gasteiger partial charge on any atom is 0.230 e. The average molecular weight is 348 g/mol. The van der Waals surface area contributed by atoms with Crippen LogP contribution < -0.4 is 5.32 Å². The van der Waals surface area contributed by atoms with Crippen molar-refractivity contribution in [3.8, 4) is 0 Å². The van der Waals surface area contributed by atoms with Crippen molar-refractivity contribution in [1.29, 1.82) is 0 Å². The predicted molar refractivity (Wildman–Crippen MR) is 105 cm³/mol. The predicted octanol–water partition coefficient (Wildman–Crippen LogP) is 4.02. The van der Waals surface area contributed by atoms with E-state index in [1.165, 1.54) is 43.5 Å². The minimum absolute atomic E-state index is 0.177. The lowest BCUT2D eigenvalue weighted by molar-refractivity contribution is -0.123. The maximum atomic E-state index is 12.9. The number of hydrogen-bond acceptors (Lipinski definition) is 2. The second kappa shape index (κ2) is 7.63. The van der Waals surface area contributed by atoms with Gasteiger partial charge in [-0.2, -0.15) is 0 Å². The lowest BCUT2D eigenvalue weighted by Gasteiger charge is -2.27. The SMILES string of the molecule is O=C(NCc1ccccc1CN1CCCCC1)C1(c2ccccc2)CC1. The van der Waals surface area contributed by atoms with Gasteiger partial charge in [0, 0.05) is 13.1 Å². The highest BCUT2D eigenvalue weighted by atomic mass is 16.2. The third kappa shape index (κ3) is 3.68. The molecule has 0 unspecified atom stereocenters. The molecule has 0 atom stereocenters. The molecule has 0 spiro atoms. The van der Waals surface area contributed by atoms with Gasteiger partial charge in [-0.1, -0.05) is 61.0 Å². The normalized spacial score (nSPS) is 19.1. The molecule has 3 heteroatoms. The van der Waals surface area contributed by atoms with E-state index in [1.54, 1.807) is 0 Å². The van der Waals surface area contributed by atoms with Crippen molar-refractivity contribution in [2.75, 3.05) is 13.1 Å². The number of nitrogens with zero attached hydrogens (tertiary/aromatic N) is 1. The van der Waals surface area contributed by atoms with E-state index >= 15 is 0 Å². The van der Waals surface area contributed by atoms with Crippen LogP contribution >= 0.6 is 0 Å². The number of likely N-dealkylation sites (tertiary alicyclic amines) is 1. The smallest absolute Gasteiger partial charge is 0.230 e. The van der Waals surface area contributed by atoms with Gasteiger partial charge in [0.2, 0.25) is 5.91 Å². The summed E-state index contributed by atoms with van der Waals surface area (Å²) in [5.74, 6) is 0.177. The number of benzene rings is 2. The fourth-order valence-electron chi connectivity index (χ4n) is 4.12. The summed E-state index contributed by atoms with van der Waals surface area (Å²) in [6.45, 7) is 4.00. The van der Waals surface area contributed by atoms with Crippen LogP contribution in [0.15, 0.2) is 54.6 Å². The molecule has 1 saturated heterocycles. The van der Waals surface area contributed by atoms with Gasteiger partial charge in [-0.25, -0.2) is 0 Å². The largest absolute Gasteiger partial charge is 0.351 e. The van der Waals surface area contributed by atoms with E-state index in [0.29, 0.717) is 6.54 Å². The van der Waals surface area contributed by atoms with E-state index in [2.05, 4.69) is 46.6 Å². The van der Waals surface area contributed by atoms with Gasteiger partial charge in [0.05, 0.1) is 5.41 Å². The quantitative estimate of drug-likeness (QED) is 0.855. The number of nitrogens with one attached hydrogen (secondary N) is 1. The van der Waals surface area contributed by atoms with Crippen LogP contribution in [0.2, 0.25) is 0 Å². The zero-order valence-corrected chi connectivity index (χ0v) is 15.4. The summed E-state index contributed by atoms with van der Waals surface area (Å²) in [4.78, 5) is 15.4. The summed E-state index contributed by atoms with van der Waals surface area (Å²) < 4.78 is 0. The Kier molecular flexibility index (Phi) is 5.07. The summed E-state index contributed by atoms with van der Waals surface area (Å²) in [5, 5.41) is 3.22. The van der Waals surface area contributed by atoms with Crippen LogP contribution in [0, 0.1) is 0 Å². The minimum atomic E-state index is -0.289. The third-order valence-electron chi connectivity index (χ3n) is 5.91. The van der Waals surface area contributed by atoms with Crippen LogP contribution in [0.25, 0.3) is 0 Å². The first-order valence-corrected chi connectivity index (χ1v) is 9.91. The molecule has 1 aliphatic carbocycles. The number of piperidine rings is 1. The van der Waals surface area contributed by atoms with E-state index in [4.69, 9.17) is 0 Å². The molecule has 136 valence electrons. The van der Waals surface area contributed by atoms with E-state index in [1.807, 2.05) is 18.2 Å². The highest BCUT2D eigenvalue weighted by molar-refractivity contribution is 5.91. The Labute approximate surface area is 156 Å². The molecule has 0 bridgehead atoms. The van der Waals surface area contributed by atoms with Crippen molar-refractivity contribution in [3.05, 3.63) is 71.3 Å². The Morgan fingerprint density at radius 3 is 2.23 bits per heavy atom. The van der Waals surface area contributed by atoms with Gasteiger partial charge in [-0.3, -0.25) is 9.69 Å². The molecule has 1 N–H and O–H groups in total. The topological polar surface area (TPSA) is 32.3 Å². The highest BCUT2D eigenvalue weighted by Gasteiger charge is 2.50. The van der Waals surface area contributed by atoms with Gasteiger partial charge < -0.3 is 5.32 Å². The molecular weight excluding hydrogens is 320 g/mol. The van der Waals surface area contributed by atoms with Gasteiger partial charge in [0.1, 0.15) is 0 Å². The Morgan fingerprint density at radius 2 is 1.54 bits per heavy atom. The fourth-order valence-corrected chi connectivity index (χ4v) is 4.12. The number of hydrogen-bond donors (Lipinski definition) is 1. The van der Waals surface area contributed by atoms with Crippen molar-refractivity contribution in [2.45, 2.75) is 50.6 Å². The molecule has 4 rings (SSSR count). The number of amides is 1. The zero-order chi connectivity index (χ0) is 17.8. The molecule has 2 aromatic carbocycles. The molecule has 0 aromatic heterocycles. The van der Waals surface area contributed by atoms with Crippen LogP contribution in [0.1, 0.15) is 48.8 Å². The van der Waals surface area contributed by atoms with E-state index in [9.17, 15) is 4.79 Å². The molecular formula is C23H28N2O. The van der Waals surface area contributed by atoms with Gasteiger partial charge in [0.25, 0.3) is 0 Å². The molecule has 2 fully saturated rings. The first kappa shape index (κ1) is 17.3. The molecule has 1 amide bonds. The molecule has 1 saturated carbocycles. The number of carbonyl (C=O) groups excluding carboxylic acids is 1. The highest BCUT2D eigenvalue weighted by Crippen LogP contribution is 2.48. The maximum absolute atomic E-state index is 12.9. The summed E-state index contributed by atoms with van der Waals surface area (Å²) in [7, 11) is 0. The van der Waals surface area contributed by atoms with Gasteiger partial charge in [-0.05, 0) is 55.5 Å². The third-order valence-corrected chi connectivity index (χ3v) is 5.91. The zero-order valence-electron chi connectivity index (χ0n) is 15.4. The lowest BCUT2D eigenvalue weighted by Crippen LogP contribution is -2.35. The standard InChI is InChI=1S/C23H28N2O/c26-22(23(13-14-23)21-11-3-1-4-12-21)24-17-19-9-5-6-10-20(19)18-25-15-7-2-8-16-25/h1,3-6,9-12H,2,7-8,13-18H2,(H,24,26). The second-order valence-corrected chi connectivity index (χ2v) is 7.74. The monoisotopic (exact) mass is 348 g/mol. The van der Waals surface area contributed by atoms with Crippen molar-refractivity contribution in [1.82, 2.24) is 10.2 Å². The molecule has 26 heavy (non-hydrogen) atoms. The summed E-state index contributed by atoms with van der Waals surface area (Å²) >= 11 is 0. The Morgan fingerprint density at radius 1 is 0.885 bits per heavy atom. The van der Waals surface area contributed by atoms with Crippen molar-refractivity contribution < 1.29 is 4.79 Å². The van der Waals surface area contributed by atoms with Crippen molar-refractivity contribution >= 4 is 5.91 Å².